The smallest absolute Gasteiger partial charge is 0.133 e. The van der Waals surface area contributed by atoms with Crippen LogP contribution >= 0.6 is 0 Å². The van der Waals surface area contributed by atoms with E-state index in [0.29, 0.717) is 6.04 Å². The second-order valence-corrected chi connectivity index (χ2v) is 6.58. The van der Waals surface area contributed by atoms with Crippen molar-refractivity contribution in [2.45, 2.75) is 78.2 Å². The fraction of sp³-hybridized carbons (Fsp3) is 0.765. The van der Waals surface area contributed by atoms with Crippen molar-refractivity contribution in [3.8, 4) is 0 Å². The first-order valence-electron chi connectivity index (χ1n) is 8.26. The fourth-order valence-electron chi connectivity index (χ4n) is 2.96. The molecule has 1 aromatic rings. The monoisotopic (exact) mass is 275 g/mol. The predicted octanol–water partition coefficient (Wildman–Crippen LogP) is 4.37. The van der Waals surface area contributed by atoms with Crippen molar-refractivity contribution in [3.05, 3.63) is 17.6 Å². The molecule has 2 rings (SSSR count). The van der Waals surface area contributed by atoms with E-state index in [9.17, 15) is 0 Å². The van der Waals surface area contributed by atoms with Gasteiger partial charge in [0, 0.05) is 17.3 Å². The van der Waals surface area contributed by atoms with Crippen molar-refractivity contribution in [2.75, 3.05) is 5.32 Å². The maximum Gasteiger partial charge on any atom is 0.133 e. The highest BCUT2D eigenvalue weighted by atomic mass is 15.0. The van der Waals surface area contributed by atoms with Crippen LogP contribution in [-0.2, 0) is 12.8 Å². The summed E-state index contributed by atoms with van der Waals surface area (Å²) in [5, 5.41) is 3.62. The van der Waals surface area contributed by atoms with Crippen molar-refractivity contribution >= 4 is 5.82 Å². The first-order chi connectivity index (χ1) is 9.66. The number of nitrogens with zero attached hydrogens (tertiary/aromatic N) is 2. The molecule has 0 saturated carbocycles. The van der Waals surface area contributed by atoms with Crippen LogP contribution in [0.5, 0.6) is 0 Å². The minimum Gasteiger partial charge on any atom is -0.367 e. The van der Waals surface area contributed by atoms with Crippen molar-refractivity contribution in [1.29, 1.82) is 0 Å². The average molecular weight is 275 g/mol. The van der Waals surface area contributed by atoms with Gasteiger partial charge in [0.25, 0.3) is 0 Å². The Morgan fingerprint density at radius 3 is 2.65 bits per heavy atom. The lowest BCUT2D eigenvalue weighted by molar-refractivity contribution is 0.519. The maximum atomic E-state index is 4.49. The van der Waals surface area contributed by atoms with Gasteiger partial charge in [0.2, 0.25) is 0 Å². The molecule has 3 nitrogen and oxygen atoms in total. The third kappa shape index (κ3) is 4.46. The molecule has 3 heteroatoms. The molecule has 0 aliphatic heterocycles. The number of anilines is 1. The first kappa shape index (κ1) is 15.3. The van der Waals surface area contributed by atoms with Crippen LogP contribution in [0.4, 0.5) is 5.82 Å². The SMILES string of the molecule is CC(C)CCCC(C)Nc1ncnc2c1CCCCC2. The van der Waals surface area contributed by atoms with Crippen molar-refractivity contribution in [3.63, 3.8) is 0 Å². The molecular formula is C17H29N3. The lowest BCUT2D eigenvalue weighted by Crippen LogP contribution is -2.18. The van der Waals surface area contributed by atoms with Crippen LogP contribution in [0.1, 0.15) is 70.6 Å². The van der Waals surface area contributed by atoms with E-state index in [0.717, 1.165) is 24.6 Å². The number of aryl methyl sites for hydroxylation is 1. The minimum absolute atomic E-state index is 0.496. The van der Waals surface area contributed by atoms with Gasteiger partial charge in [-0.3, -0.25) is 0 Å². The van der Waals surface area contributed by atoms with Crippen LogP contribution in [0.3, 0.4) is 0 Å². The minimum atomic E-state index is 0.496. The molecule has 1 unspecified atom stereocenters. The Bertz CT molecular complexity index is 415. The van der Waals surface area contributed by atoms with Crippen molar-refractivity contribution in [1.82, 2.24) is 9.97 Å². The number of hydrogen-bond acceptors (Lipinski definition) is 3. The Labute approximate surface area is 123 Å². The summed E-state index contributed by atoms with van der Waals surface area (Å²) in [6, 6.07) is 0.496. The molecule has 0 spiro atoms. The highest BCUT2D eigenvalue weighted by Gasteiger charge is 2.15. The second-order valence-electron chi connectivity index (χ2n) is 6.58. The van der Waals surface area contributed by atoms with Crippen LogP contribution < -0.4 is 5.32 Å². The summed E-state index contributed by atoms with van der Waals surface area (Å²) in [5.41, 5.74) is 2.65. The third-order valence-corrected chi connectivity index (χ3v) is 4.18. The van der Waals surface area contributed by atoms with E-state index in [1.54, 1.807) is 6.33 Å². The number of rotatable bonds is 6. The number of hydrogen-bond donors (Lipinski definition) is 1. The summed E-state index contributed by atoms with van der Waals surface area (Å²) in [4.78, 5) is 8.98. The van der Waals surface area contributed by atoms with Crippen LogP contribution in [0, 0.1) is 5.92 Å². The van der Waals surface area contributed by atoms with Gasteiger partial charge in [0.1, 0.15) is 12.1 Å². The zero-order valence-corrected chi connectivity index (χ0v) is 13.3. The molecule has 0 saturated heterocycles. The summed E-state index contributed by atoms with van der Waals surface area (Å²) in [6.07, 6.45) is 11.7. The van der Waals surface area contributed by atoms with E-state index < -0.39 is 0 Å². The molecule has 1 aromatic heterocycles. The molecule has 0 radical (unpaired) electrons. The van der Waals surface area contributed by atoms with Crippen LogP contribution in [0.15, 0.2) is 6.33 Å². The normalized spacial score (nSPS) is 16.6. The van der Waals surface area contributed by atoms with E-state index in [2.05, 4.69) is 36.1 Å². The molecule has 1 aliphatic rings. The van der Waals surface area contributed by atoms with Gasteiger partial charge < -0.3 is 5.32 Å². The van der Waals surface area contributed by atoms with Gasteiger partial charge in [0.15, 0.2) is 0 Å². The molecule has 0 fully saturated rings. The molecule has 1 atom stereocenters. The standard InChI is InChI=1S/C17H29N3/c1-13(2)8-7-9-14(3)20-17-15-10-5-4-6-11-16(15)18-12-19-17/h12-14H,4-11H2,1-3H3,(H,18,19,20). The Balaban J connectivity index is 1.95. The predicted molar refractivity (Wildman–Crippen MR) is 85.1 cm³/mol. The number of nitrogens with one attached hydrogen (secondary N) is 1. The highest BCUT2D eigenvalue weighted by molar-refractivity contribution is 5.47. The average Bonchev–Trinajstić information content (AvgIpc) is 2.64. The highest BCUT2D eigenvalue weighted by Crippen LogP contribution is 2.24. The van der Waals surface area contributed by atoms with Gasteiger partial charge in [-0.25, -0.2) is 9.97 Å². The van der Waals surface area contributed by atoms with Gasteiger partial charge in [-0.15, -0.1) is 0 Å². The van der Waals surface area contributed by atoms with Gasteiger partial charge >= 0.3 is 0 Å². The Morgan fingerprint density at radius 2 is 1.85 bits per heavy atom. The lowest BCUT2D eigenvalue weighted by Gasteiger charge is -2.18. The van der Waals surface area contributed by atoms with Gasteiger partial charge in [-0.05, 0) is 44.9 Å². The van der Waals surface area contributed by atoms with E-state index in [-0.39, 0.29) is 0 Å². The maximum absolute atomic E-state index is 4.49. The summed E-state index contributed by atoms with van der Waals surface area (Å²) < 4.78 is 0. The molecule has 0 amide bonds. The summed E-state index contributed by atoms with van der Waals surface area (Å²) in [7, 11) is 0. The quantitative estimate of drug-likeness (QED) is 0.783. The van der Waals surface area contributed by atoms with Crippen LogP contribution in [-0.4, -0.2) is 16.0 Å². The molecule has 1 heterocycles. The molecule has 1 N–H and O–H groups in total. The molecule has 0 bridgehead atoms. The molecule has 112 valence electrons. The largest absolute Gasteiger partial charge is 0.367 e. The third-order valence-electron chi connectivity index (χ3n) is 4.18. The molecular weight excluding hydrogens is 246 g/mol. The summed E-state index contributed by atoms with van der Waals surface area (Å²) in [5.74, 6) is 1.89. The Kier molecular flexibility index (Phi) is 5.81. The molecule has 20 heavy (non-hydrogen) atoms. The van der Waals surface area contributed by atoms with Gasteiger partial charge in [-0.2, -0.15) is 0 Å². The Hall–Kier alpha value is -1.12. The van der Waals surface area contributed by atoms with Crippen molar-refractivity contribution in [2.24, 2.45) is 5.92 Å². The molecule has 0 aromatic carbocycles. The zero-order chi connectivity index (χ0) is 14.4. The number of fused-ring (bicyclic) bond motifs is 1. The van der Waals surface area contributed by atoms with E-state index in [1.807, 2.05) is 0 Å². The van der Waals surface area contributed by atoms with Gasteiger partial charge in [0.05, 0.1) is 0 Å². The van der Waals surface area contributed by atoms with E-state index in [4.69, 9.17) is 0 Å². The zero-order valence-electron chi connectivity index (χ0n) is 13.3. The molecule has 1 aliphatic carbocycles. The number of aromatic nitrogens is 2. The van der Waals surface area contributed by atoms with Gasteiger partial charge in [-0.1, -0.05) is 33.1 Å². The van der Waals surface area contributed by atoms with E-state index >= 15 is 0 Å². The van der Waals surface area contributed by atoms with Crippen molar-refractivity contribution < 1.29 is 0 Å². The van der Waals surface area contributed by atoms with E-state index in [1.165, 1.54) is 49.8 Å². The van der Waals surface area contributed by atoms with Crippen LogP contribution in [0.2, 0.25) is 0 Å². The topological polar surface area (TPSA) is 37.8 Å². The second kappa shape index (κ2) is 7.61. The first-order valence-corrected chi connectivity index (χ1v) is 8.26. The van der Waals surface area contributed by atoms with Crippen LogP contribution in [0.25, 0.3) is 0 Å². The summed E-state index contributed by atoms with van der Waals surface area (Å²) >= 11 is 0. The lowest BCUT2D eigenvalue weighted by atomic mass is 10.0. The summed E-state index contributed by atoms with van der Waals surface area (Å²) in [6.45, 7) is 6.86. The Morgan fingerprint density at radius 1 is 1.05 bits per heavy atom. The fourth-order valence-corrected chi connectivity index (χ4v) is 2.96.